The van der Waals surface area contributed by atoms with E-state index >= 15 is 0 Å². The number of aliphatic hydroxyl groups excluding tert-OH is 1. The van der Waals surface area contributed by atoms with Gasteiger partial charge in [0.1, 0.15) is 11.6 Å². The lowest BCUT2D eigenvalue weighted by molar-refractivity contribution is -0.116. The van der Waals surface area contributed by atoms with Crippen LogP contribution >= 0.6 is 0 Å². The molecule has 3 aromatic rings. The molecule has 204 valence electrons. The second kappa shape index (κ2) is 12.7. The van der Waals surface area contributed by atoms with Crippen LogP contribution in [0.1, 0.15) is 47.3 Å². The van der Waals surface area contributed by atoms with E-state index in [0.29, 0.717) is 23.5 Å². The number of aliphatic hydroxyl groups is 1. The Labute approximate surface area is 226 Å². The molecular formula is C30H32F2N4O3. The molecule has 1 aliphatic heterocycles. The second-order valence-electron chi connectivity index (χ2n) is 9.70. The predicted octanol–water partition coefficient (Wildman–Crippen LogP) is 4.13. The summed E-state index contributed by atoms with van der Waals surface area (Å²) in [5.74, 6) is -2.17. The molecule has 0 fully saturated rings. The third-order valence-corrected chi connectivity index (χ3v) is 6.51. The second-order valence-corrected chi connectivity index (χ2v) is 9.70. The van der Waals surface area contributed by atoms with E-state index in [1.807, 2.05) is 18.2 Å². The molecule has 9 heteroatoms. The Hall–Kier alpha value is -3.95. The average molecular weight is 535 g/mol. The van der Waals surface area contributed by atoms with E-state index in [-0.39, 0.29) is 30.9 Å². The van der Waals surface area contributed by atoms with E-state index in [0.717, 1.165) is 18.1 Å². The van der Waals surface area contributed by atoms with Crippen molar-refractivity contribution < 1.29 is 23.5 Å². The summed E-state index contributed by atoms with van der Waals surface area (Å²) in [6.45, 7) is 4.47. The summed E-state index contributed by atoms with van der Waals surface area (Å²) in [6.07, 6.45) is 0.0612. The van der Waals surface area contributed by atoms with Crippen LogP contribution in [0, 0.1) is 11.6 Å². The van der Waals surface area contributed by atoms with Crippen LogP contribution in [0.3, 0.4) is 0 Å². The number of amides is 2. The molecule has 2 atom stereocenters. The number of hydrogen-bond acceptors (Lipinski definition) is 5. The van der Waals surface area contributed by atoms with Crippen molar-refractivity contribution in [3.63, 3.8) is 0 Å². The summed E-state index contributed by atoms with van der Waals surface area (Å²) in [6, 6.07) is 16.8. The fourth-order valence-electron chi connectivity index (χ4n) is 4.52. The molecule has 1 heterocycles. The van der Waals surface area contributed by atoms with E-state index in [1.165, 1.54) is 22.7 Å². The Bertz CT molecular complexity index is 1360. The van der Waals surface area contributed by atoms with Crippen molar-refractivity contribution >= 4 is 23.2 Å². The maximum atomic E-state index is 13.9. The van der Waals surface area contributed by atoms with Crippen molar-refractivity contribution in [1.29, 1.82) is 0 Å². The van der Waals surface area contributed by atoms with Gasteiger partial charge in [-0.3, -0.25) is 9.59 Å². The quantitative estimate of drug-likeness (QED) is 0.345. The number of carbonyl (C=O) groups is 2. The van der Waals surface area contributed by atoms with Gasteiger partial charge in [0, 0.05) is 30.4 Å². The molecule has 39 heavy (non-hydrogen) atoms. The van der Waals surface area contributed by atoms with Gasteiger partial charge in [0.15, 0.2) is 0 Å². The van der Waals surface area contributed by atoms with Crippen LogP contribution < -0.4 is 15.6 Å². The molecular weight excluding hydrogens is 502 g/mol. The zero-order valence-corrected chi connectivity index (χ0v) is 22.0. The van der Waals surface area contributed by atoms with Gasteiger partial charge >= 0.3 is 0 Å². The molecule has 0 bridgehead atoms. The molecule has 0 unspecified atom stereocenters. The minimum atomic E-state index is -1.06. The fraction of sp³-hybridized carbons (Fsp3) is 0.300. The predicted molar refractivity (Wildman–Crippen MR) is 147 cm³/mol. The molecule has 3 aromatic carbocycles. The summed E-state index contributed by atoms with van der Waals surface area (Å²) in [7, 11) is 0. The van der Waals surface area contributed by atoms with Gasteiger partial charge in [-0.05, 0) is 66.8 Å². The molecule has 2 amide bonds. The molecule has 4 rings (SSSR count). The number of nitrogens with one attached hydrogen (secondary N) is 2. The van der Waals surface area contributed by atoms with Crippen molar-refractivity contribution in [3.8, 4) is 0 Å². The van der Waals surface area contributed by atoms with Crippen LogP contribution in [0.15, 0.2) is 71.8 Å². The van der Waals surface area contributed by atoms with Crippen LogP contribution in [-0.4, -0.2) is 41.3 Å². The lowest BCUT2D eigenvalue weighted by Crippen LogP contribution is -2.48. The van der Waals surface area contributed by atoms with Crippen LogP contribution in [0.25, 0.3) is 0 Å². The number of rotatable bonds is 11. The van der Waals surface area contributed by atoms with Crippen molar-refractivity contribution in [2.45, 2.75) is 51.8 Å². The molecule has 1 aliphatic rings. The van der Waals surface area contributed by atoms with Crippen LogP contribution in [0.4, 0.5) is 14.5 Å². The van der Waals surface area contributed by atoms with Crippen molar-refractivity contribution in [2.75, 3.05) is 11.6 Å². The zero-order chi connectivity index (χ0) is 27.9. The first kappa shape index (κ1) is 28.1. The molecule has 3 N–H and O–H groups in total. The van der Waals surface area contributed by atoms with E-state index in [2.05, 4.69) is 28.7 Å². The van der Waals surface area contributed by atoms with Gasteiger partial charge in [0.25, 0.3) is 11.8 Å². The van der Waals surface area contributed by atoms with Crippen molar-refractivity contribution in [3.05, 3.63) is 101 Å². The molecule has 0 aliphatic carbocycles. The van der Waals surface area contributed by atoms with Gasteiger partial charge in [-0.1, -0.05) is 37.3 Å². The Morgan fingerprint density at radius 1 is 1.03 bits per heavy atom. The largest absolute Gasteiger partial charge is 0.390 e. The highest BCUT2D eigenvalue weighted by molar-refractivity contribution is 6.12. The number of halogens is 2. The van der Waals surface area contributed by atoms with E-state index in [1.54, 1.807) is 31.2 Å². The van der Waals surface area contributed by atoms with E-state index < -0.39 is 29.7 Å². The highest BCUT2D eigenvalue weighted by Gasteiger charge is 2.25. The number of benzene rings is 3. The normalized spacial score (nSPS) is 14.7. The summed E-state index contributed by atoms with van der Waals surface area (Å²) in [5.41, 5.74) is 3.94. The standard InChI is InChI=1S/C30H32F2N4O3/c1-3-20-6-4-7-21(11-20)17-33-18-28(37)27(14-22-12-24(31)16-25(32)13-22)34-30(39)23-8-5-9-26(15-23)36-29(38)10-19(2)35-36/h4-9,11-13,15-16,27-28,33,37H,3,10,14,17-18H2,1-2H3,(H,34,39)/t27-,28+/m0/s1. The van der Waals surface area contributed by atoms with E-state index in [4.69, 9.17) is 0 Å². The first-order valence-electron chi connectivity index (χ1n) is 12.9. The highest BCUT2D eigenvalue weighted by atomic mass is 19.1. The minimum Gasteiger partial charge on any atom is -0.390 e. The third kappa shape index (κ3) is 7.55. The monoisotopic (exact) mass is 534 g/mol. The minimum absolute atomic E-state index is 0.00236. The van der Waals surface area contributed by atoms with Gasteiger partial charge < -0.3 is 15.7 Å². The van der Waals surface area contributed by atoms with Crippen LogP contribution in [0.2, 0.25) is 0 Å². The van der Waals surface area contributed by atoms with Gasteiger partial charge in [-0.15, -0.1) is 0 Å². The third-order valence-electron chi connectivity index (χ3n) is 6.51. The van der Waals surface area contributed by atoms with Gasteiger partial charge in [0.05, 0.1) is 24.3 Å². The summed E-state index contributed by atoms with van der Waals surface area (Å²) in [4.78, 5) is 25.5. The summed E-state index contributed by atoms with van der Waals surface area (Å²) < 4.78 is 27.7. The number of aryl methyl sites for hydroxylation is 1. The number of nitrogens with zero attached hydrogens (tertiary/aromatic N) is 2. The first-order valence-corrected chi connectivity index (χ1v) is 12.9. The first-order chi connectivity index (χ1) is 18.7. The van der Waals surface area contributed by atoms with Gasteiger partial charge in [-0.2, -0.15) is 5.10 Å². The summed E-state index contributed by atoms with van der Waals surface area (Å²) in [5, 5.41) is 22.5. The van der Waals surface area contributed by atoms with Crippen molar-refractivity contribution in [1.82, 2.24) is 10.6 Å². The smallest absolute Gasteiger partial charge is 0.253 e. The molecule has 7 nitrogen and oxygen atoms in total. The van der Waals surface area contributed by atoms with E-state index in [9.17, 15) is 23.5 Å². The maximum Gasteiger partial charge on any atom is 0.253 e. The molecule has 0 radical (unpaired) electrons. The molecule has 0 saturated carbocycles. The Morgan fingerprint density at radius 3 is 2.44 bits per heavy atom. The van der Waals surface area contributed by atoms with Crippen LogP contribution in [-0.2, 0) is 24.2 Å². The number of hydrogen-bond donors (Lipinski definition) is 3. The SMILES string of the molecule is CCc1cccc(CNC[C@@H](O)[C@H](Cc2cc(F)cc(F)c2)NC(=O)c2cccc(N3N=C(C)CC3=O)c2)c1. The Kier molecular flexibility index (Phi) is 9.16. The lowest BCUT2D eigenvalue weighted by Gasteiger charge is -2.25. The number of hydrazone groups is 1. The number of anilines is 1. The highest BCUT2D eigenvalue weighted by Crippen LogP contribution is 2.22. The maximum absolute atomic E-state index is 13.9. The van der Waals surface area contributed by atoms with Crippen LogP contribution in [0.5, 0.6) is 0 Å². The molecule has 0 aromatic heterocycles. The van der Waals surface area contributed by atoms with Gasteiger partial charge in [-0.25, -0.2) is 13.8 Å². The fourth-order valence-corrected chi connectivity index (χ4v) is 4.52. The number of carbonyl (C=O) groups excluding carboxylic acids is 2. The Morgan fingerprint density at radius 2 is 1.74 bits per heavy atom. The average Bonchev–Trinajstić information content (AvgIpc) is 3.25. The molecule has 0 spiro atoms. The molecule has 0 saturated heterocycles. The van der Waals surface area contributed by atoms with Gasteiger partial charge in [0.2, 0.25) is 0 Å². The topological polar surface area (TPSA) is 94.0 Å². The zero-order valence-electron chi connectivity index (χ0n) is 22.0. The Balaban J connectivity index is 1.49. The lowest BCUT2D eigenvalue weighted by atomic mass is 10.00. The van der Waals surface area contributed by atoms with Crippen molar-refractivity contribution in [2.24, 2.45) is 5.10 Å². The summed E-state index contributed by atoms with van der Waals surface area (Å²) >= 11 is 0.